The Morgan fingerprint density at radius 3 is 1.50 bits per heavy atom. The summed E-state index contributed by atoms with van der Waals surface area (Å²) in [5.74, 6) is -2.09. The highest BCUT2D eigenvalue weighted by molar-refractivity contribution is 9.11. The minimum absolute atomic E-state index is 0.174. The van der Waals surface area contributed by atoms with Crippen molar-refractivity contribution in [3.8, 4) is 0 Å². The average Bonchev–Trinajstić information content (AvgIpc) is 3.31. The number of hydrogen-bond donors (Lipinski definition) is 0. The number of nitrogens with zero attached hydrogens (tertiary/aromatic N) is 4. The van der Waals surface area contributed by atoms with E-state index in [-0.39, 0.29) is 11.8 Å². The lowest BCUT2D eigenvalue weighted by atomic mass is 9.73. The molecule has 0 spiro atoms. The molecule has 2 atom stereocenters. The highest BCUT2D eigenvalue weighted by Gasteiger charge is 2.50. The number of carbonyl (C=O) groups excluding carboxylic acids is 2. The molecule has 0 aromatic heterocycles. The maximum atomic E-state index is 13.9. The quantitative estimate of drug-likeness (QED) is 0.289. The van der Waals surface area contributed by atoms with Crippen LogP contribution < -0.4 is 10.0 Å². The molecule has 0 saturated heterocycles. The number of anilines is 2. The molecule has 0 N–H and O–H groups in total. The molecule has 2 aliphatic heterocycles. The fraction of sp³-hybridized carbons (Fsp3) is 0.185. The molecule has 2 aliphatic rings. The minimum atomic E-state index is -0.628. The first kappa shape index (κ1) is 25.0. The van der Waals surface area contributed by atoms with Gasteiger partial charge in [-0.3, -0.25) is 9.59 Å². The van der Waals surface area contributed by atoms with E-state index in [4.69, 9.17) is 0 Å². The van der Waals surface area contributed by atoms with Gasteiger partial charge >= 0.3 is 0 Å². The molecule has 2 amide bonds. The molecule has 9 heteroatoms. The second-order valence-corrected chi connectivity index (χ2v) is 11.3. The summed E-state index contributed by atoms with van der Waals surface area (Å²) in [5, 5.41) is 12.2. The first-order valence-corrected chi connectivity index (χ1v) is 13.7. The van der Waals surface area contributed by atoms with E-state index in [0.717, 1.165) is 19.0 Å². The van der Waals surface area contributed by atoms with E-state index in [1.807, 2.05) is 86.6 Å². The van der Waals surface area contributed by atoms with Gasteiger partial charge in [0.25, 0.3) is 11.8 Å². The Balaban J connectivity index is 1.59. The lowest BCUT2D eigenvalue weighted by Crippen LogP contribution is -2.40. The zero-order valence-electron chi connectivity index (χ0n) is 19.4. The smallest absolute Gasteiger partial charge is 0.256 e. The standard InChI is InChI=1S/C27H21Br3N4O2/c1-15-23(26(35)33(31-15)21-9-5-3-7-19(21)29)25(17-11-13-18(28)14-12-17)24-16(2)32-34(27(24)36)22-10-6-4-8-20(22)30/h3-14,23-25H,1-2H3. The van der Waals surface area contributed by atoms with Crippen molar-refractivity contribution in [2.24, 2.45) is 22.0 Å². The lowest BCUT2D eigenvalue weighted by Gasteiger charge is -2.29. The van der Waals surface area contributed by atoms with Crippen LogP contribution in [0.5, 0.6) is 0 Å². The van der Waals surface area contributed by atoms with Gasteiger partial charge in [0, 0.05) is 30.8 Å². The molecule has 6 nitrogen and oxygen atoms in total. The molecule has 0 aliphatic carbocycles. The van der Waals surface area contributed by atoms with E-state index in [9.17, 15) is 9.59 Å². The van der Waals surface area contributed by atoms with Gasteiger partial charge in [0.2, 0.25) is 0 Å². The summed E-state index contributed by atoms with van der Waals surface area (Å²) in [5.41, 5.74) is 3.52. The Hall–Kier alpha value is -2.62. The zero-order chi connectivity index (χ0) is 25.6. The third-order valence-corrected chi connectivity index (χ3v) is 8.37. The normalized spacial score (nSPS) is 20.6. The van der Waals surface area contributed by atoms with Crippen LogP contribution in [0.25, 0.3) is 0 Å². The molecule has 2 unspecified atom stereocenters. The Morgan fingerprint density at radius 1 is 0.667 bits per heavy atom. The van der Waals surface area contributed by atoms with Crippen LogP contribution in [0.3, 0.4) is 0 Å². The van der Waals surface area contributed by atoms with Crippen LogP contribution in [0, 0.1) is 11.8 Å². The van der Waals surface area contributed by atoms with Crippen LogP contribution in [0.15, 0.2) is 96.4 Å². The van der Waals surface area contributed by atoms with E-state index in [1.165, 1.54) is 10.0 Å². The lowest BCUT2D eigenvalue weighted by molar-refractivity contribution is -0.122. The number of carbonyl (C=O) groups is 2. The van der Waals surface area contributed by atoms with Gasteiger partial charge in [-0.15, -0.1) is 0 Å². The molecular weight excluding hydrogens is 652 g/mol. The molecule has 0 saturated carbocycles. The maximum Gasteiger partial charge on any atom is 0.256 e. The number of amides is 2. The number of hydrazone groups is 2. The monoisotopic (exact) mass is 670 g/mol. The molecule has 0 bridgehead atoms. The summed E-state index contributed by atoms with van der Waals surface area (Å²) in [7, 11) is 0. The molecule has 3 aromatic rings. The van der Waals surface area contributed by atoms with Crippen molar-refractivity contribution in [2.45, 2.75) is 19.8 Å². The van der Waals surface area contributed by atoms with E-state index in [1.54, 1.807) is 0 Å². The van der Waals surface area contributed by atoms with E-state index in [2.05, 4.69) is 58.0 Å². The second kappa shape index (κ2) is 10.0. The summed E-state index contributed by atoms with van der Waals surface area (Å²) in [4.78, 5) is 27.9. The molecular formula is C27H21Br3N4O2. The SMILES string of the molecule is CC1=NN(c2ccccc2Br)C(=O)C1C(c1ccc(Br)cc1)C1C(=O)N(c2ccccc2Br)N=C1C. The summed E-state index contributed by atoms with van der Waals surface area (Å²) in [6.07, 6.45) is 0. The molecule has 0 radical (unpaired) electrons. The average molecular weight is 673 g/mol. The predicted molar refractivity (Wildman–Crippen MR) is 153 cm³/mol. The van der Waals surface area contributed by atoms with Crippen LogP contribution >= 0.6 is 47.8 Å². The summed E-state index contributed by atoms with van der Waals surface area (Å²) < 4.78 is 2.46. The molecule has 0 fully saturated rings. The highest BCUT2D eigenvalue weighted by Crippen LogP contribution is 2.44. The van der Waals surface area contributed by atoms with E-state index in [0.29, 0.717) is 22.8 Å². The predicted octanol–water partition coefficient (Wildman–Crippen LogP) is 7.14. The molecule has 5 rings (SSSR count). The van der Waals surface area contributed by atoms with Gasteiger partial charge in [0.1, 0.15) is 0 Å². The number of hydrogen-bond acceptors (Lipinski definition) is 4. The first-order valence-electron chi connectivity index (χ1n) is 11.3. The topological polar surface area (TPSA) is 65.3 Å². The number of para-hydroxylation sites is 2. The van der Waals surface area contributed by atoms with Crippen molar-refractivity contribution in [3.63, 3.8) is 0 Å². The van der Waals surface area contributed by atoms with Gasteiger partial charge in [-0.25, -0.2) is 0 Å². The Morgan fingerprint density at radius 2 is 1.08 bits per heavy atom. The largest absolute Gasteiger partial charge is 0.272 e. The van der Waals surface area contributed by atoms with Gasteiger partial charge in [0.05, 0.1) is 23.2 Å². The van der Waals surface area contributed by atoms with Crippen molar-refractivity contribution >= 4 is 82.4 Å². The minimum Gasteiger partial charge on any atom is -0.272 e. The van der Waals surface area contributed by atoms with Crippen molar-refractivity contribution in [1.82, 2.24) is 0 Å². The van der Waals surface area contributed by atoms with Crippen LogP contribution in [0.4, 0.5) is 11.4 Å². The number of benzene rings is 3. The van der Waals surface area contributed by atoms with Gasteiger partial charge in [-0.2, -0.15) is 20.2 Å². The summed E-state index contributed by atoms with van der Waals surface area (Å²) >= 11 is 10.6. The van der Waals surface area contributed by atoms with Gasteiger partial charge in [-0.1, -0.05) is 52.3 Å². The third kappa shape index (κ3) is 4.37. The highest BCUT2D eigenvalue weighted by atomic mass is 79.9. The fourth-order valence-electron chi connectivity index (χ4n) is 4.84. The Bertz CT molecular complexity index is 1340. The summed E-state index contributed by atoms with van der Waals surface area (Å²) in [6, 6.07) is 22.7. The molecule has 3 aromatic carbocycles. The maximum absolute atomic E-state index is 13.9. The summed E-state index contributed by atoms with van der Waals surface area (Å²) in [6.45, 7) is 3.70. The molecule has 36 heavy (non-hydrogen) atoms. The van der Waals surface area contributed by atoms with Crippen molar-refractivity contribution in [2.75, 3.05) is 10.0 Å². The number of rotatable bonds is 5. The van der Waals surface area contributed by atoms with Gasteiger partial charge in [0.15, 0.2) is 0 Å². The zero-order valence-corrected chi connectivity index (χ0v) is 24.2. The van der Waals surface area contributed by atoms with Crippen LogP contribution in [-0.4, -0.2) is 23.2 Å². The molecule has 182 valence electrons. The van der Waals surface area contributed by atoms with Crippen LogP contribution in [-0.2, 0) is 9.59 Å². The van der Waals surface area contributed by atoms with E-state index < -0.39 is 17.8 Å². The van der Waals surface area contributed by atoms with Crippen LogP contribution in [0.1, 0.15) is 25.3 Å². The number of halogens is 3. The van der Waals surface area contributed by atoms with Crippen molar-refractivity contribution < 1.29 is 9.59 Å². The Labute approximate surface area is 234 Å². The van der Waals surface area contributed by atoms with Crippen molar-refractivity contribution in [1.29, 1.82) is 0 Å². The molecule has 2 heterocycles. The fourth-order valence-corrected chi connectivity index (χ4v) is 6.01. The van der Waals surface area contributed by atoms with Gasteiger partial charge < -0.3 is 0 Å². The van der Waals surface area contributed by atoms with Crippen LogP contribution in [0.2, 0.25) is 0 Å². The second-order valence-electron chi connectivity index (χ2n) is 8.72. The third-order valence-electron chi connectivity index (χ3n) is 6.50. The first-order chi connectivity index (χ1) is 17.3. The van der Waals surface area contributed by atoms with Gasteiger partial charge in [-0.05, 0) is 87.7 Å². The Kier molecular flexibility index (Phi) is 6.98. The van der Waals surface area contributed by atoms with Crippen molar-refractivity contribution in [3.05, 3.63) is 91.8 Å². The van der Waals surface area contributed by atoms with E-state index >= 15 is 0 Å².